The number of hydrogen-bond acceptors (Lipinski definition) is 10. The highest BCUT2D eigenvalue weighted by Gasteiger charge is 2.44. The van der Waals surface area contributed by atoms with Gasteiger partial charge in [0.1, 0.15) is 59.7 Å². The number of nitrogens with zero attached hydrogens (tertiary/aromatic N) is 10. The molecule has 0 radical (unpaired) electrons. The van der Waals surface area contributed by atoms with Gasteiger partial charge in [-0.05, 0) is 24.3 Å². The fraction of sp³-hybridized carbons (Fsp3) is 0. The fourth-order valence-corrected chi connectivity index (χ4v) is 5.25. The Labute approximate surface area is 238 Å². The summed E-state index contributed by atoms with van der Waals surface area (Å²) in [6.45, 7) is 0. The van der Waals surface area contributed by atoms with E-state index in [9.17, 15) is 42.1 Å². The predicted octanol–water partition coefficient (Wildman–Crippen LogP) is 5.04. The summed E-state index contributed by atoms with van der Waals surface area (Å²) in [7, 11) is 0. The van der Waals surface area contributed by atoms with Crippen LogP contribution in [-0.2, 0) is 0 Å². The third kappa shape index (κ3) is 3.44. The van der Waals surface area contributed by atoms with Gasteiger partial charge in [0.05, 0.1) is 33.7 Å². The molecule has 5 rings (SSSR count). The fourth-order valence-electron chi connectivity index (χ4n) is 5.25. The van der Waals surface area contributed by atoms with Gasteiger partial charge in [-0.15, -0.1) is 0 Å². The van der Waals surface area contributed by atoms with Crippen LogP contribution in [0.4, 0.5) is 0 Å². The van der Waals surface area contributed by atoms with Gasteiger partial charge in [0, 0.05) is 56.9 Å². The second-order valence-electron chi connectivity index (χ2n) is 8.57. The maximum Gasteiger partial charge on any atom is 0.138 e. The van der Waals surface area contributed by atoms with Crippen LogP contribution in [0.25, 0.3) is 44.8 Å². The number of rotatable bonds is 2. The summed E-state index contributed by atoms with van der Waals surface area (Å²) in [6.07, 6.45) is 2.92. The molecule has 10 nitrogen and oxygen atoms in total. The van der Waals surface area contributed by atoms with Crippen molar-refractivity contribution in [2.45, 2.75) is 0 Å². The molecule has 0 spiro atoms. The first-order chi connectivity index (χ1) is 20.6. The Hall–Kier alpha value is -7.60. The standard InChI is InChI=1S/C32H8N10/c33-9-17(10-34)25-19(13-37)21(15-39)27-29(23-5-1-3-7-41-23)28-22(16-40)20(14-38)26(18(11-35)12-36)32(28)30(31(25)27)24-6-2-4-8-42-24/h1-8H. The van der Waals surface area contributed by atoms with Crippen molar-refractivity contribution in [3.63, 3.8) is 0 Å². The number of allylic oxidation sites excluding steroid dienone is 8. The molecule has 0 aliphatic heterocycles. The molecule has 186 valence electrons. The van der Waals surface area contributed by atoms with E-state index in [-0.39, 0.29) is 78.2 Å². The Morgan fingerprint density at radius 3 is 1.07 bits per heavy atom. The lowest BCUT2D eigenvalue weighted by atomic mass is 9.80. The van der Waals surface area contributed by atoms with Crippen molar-refractivity contribution in [2.75, 3.05) is 0 Å². The molecule has 0 bridgehead atoms. The molecular weight excluding hydrogens is 524 g/mol. The second-order valence-corrected chi connectivity index (χ2v) is 8.57. The van der Waals surface area contributed by atoms with Crippen LogP contribution in [0.15, 0.2) is 71.1 Å². The average Bonchev–Trinajstić information content (AvgIpc) is 3.54. The second kappa shape index (κ2) is 10.3. The molecule has 2 aliphatic carbocycles. The molecule has 2 heterocycles. The maximum atomic E-state index is 10.4. The van der Waals surface area contributed by atoms with Gasteiger partial charge in [-0.2, -0.15) is 42.1 Å². The first-order valence-corrected chi connectivity index (χ1v) is 11.8. The first-order valence-electron chi connectivity index (χ1n) is 11.8. The zero-order valence-electron chi connectivity index (χ0n) is 21.1. The highest BCUT2D eigenvalue weighted by atomic mass is 14.7. The number of benzene rings is 1. The summed E-state index contributed by atoms with van der Waals surface area (Å²) >= 11 is 0. The minimum atomic E-state index is -0.472. The Balaban J connectivity index is 2.28. The molecule has 0 N–H and O–H groups in total. The van der Waals surface area contributed by atoms with Crippen molar-refractivity contribution in [3.05, 3.63) is 93.3 Å². The minimum Gasteiger partial charge on any atom is -0.256 e. The summed E-state index contributed by atoms with van der Waals surface area (Å²) < 4.78 is 0. The summed E-state index contributed by atoms with van der Waals surface area (Å²) in [4.78, 5) is 8.87. The van der Waals surface area contributed by atoms with E-state index in [0.717, 1.165) is 0 Å². The zero-order valence-corrected chi connectivity index (χ0v) is 21.1. The van der Waals surface area contributed by atoms with Gasteiger partial charge in [0.15, 0.2) is 0 Å². The van der Waals surface area contributed by atoms with E-state index in [2.05, 4.69) is 9.97 Å². The lowest BCUT2D eigenvalue weighted by Crippen LogP contribution is -2.05. The molecule has 2 aliphatic rings. The summed E-state index contributed by atoms with van der Waals surface area (Å²) in [5.74, 6) is 0. The molecule has 10 heteroatoms. The monoisotopic (exact) mass is 532 g/mol. The molecule has 2 aromatic heterocycles. The Morgan fingerprint density at radius 2 is 0.786 bits per heavy atom. The number of hydrogen-bond donors (Lipinski definition) is 0. The first kappa shape index (κ1) is 26.0. The van der Waals surface area contributed by atoms with Gasteiger partial charge in [0.25, 0.3) is 0 Å². The predicted molar refractivity (Wildman–Crippen MR) is 145 cm³/mol. The summed E-state index contributed by atoms with van der Waals surface area (Å²) in [5.41, 5.74) is -0.978. The van der Waals surface area contributed by atoms with Gasteiger partial charge in [-0.25, -0.2) is 0 Å². The van der Waals surface area contributed by atoms with Crippen molar-refractivity contribution in [1.29, 1.82) is 42.1 Å². The van der Waals surface area contributed by atoms with Crippen molar-refractivity contribution >= 4 is 22.3 Å². The van der Waals surface area contributed by atoms with Gasteiger partial charge < -0.3 is 0 Å². The van der Waals surface area contributed by atoms with Gasteiger partial charge >= 0.3 is 0 Å². The zero-order chi connectivity index (χ0) is 30.0. The number of fused-ring (bicyclic) bond motifs is 2. The molecular formula is C32H8N10. The van der Waals surface area contributed by atoms with E-state index in [1.54, 1.807) is 60.7 Å². The largest absolute Gasteiger partial charge is 0.256 e. The summed E-state index contributed by atoms with van der Waals surface area (Å²) in [5, 5.41) is 81.0. The van der Waals surface area contributed by atoms with Crippen molar-refractivity contribution in [3.8, 4) is 71.1 Å². The van der Waals surface area contributed by atoms with E-state index in [0.29, 0.717) is 0 Å². The number of pyridine rings is 2. The Morgan fingerprint density at radius 1 is 0.429 bits per heavy atom. The smallest absolute Gasteiger partial charge is 0.138 e. The van der Waals surface area contributed by atoms with Crippen LogP contribution in [0.5, 0.6) is 0 Å². The van der Waals surface area contributed by atoms with Gasteiger partial charge in [-0.3, -0.25) is 9.97 Å². The topological polar surface area (TPSA) is 216 Å². The molecule has 1 aromatic carbocycles. The van der Waals surface area contributed by atoms with Crippen LogP contribution in [0.2, 0.25) is 0 Å². The molecule has 3 aromatic rings. The quantitative estimate of drug-likeness (QED) is 0.400. The van der Waals surface area contributed by atoms with E-state index in [1.807, 2.05) is 24.3 Å². The third-order valence-electron chi connectivity index (χ3n) is 6.74. The lowest BCUT2D eigenvalue weighted by molar-refractivity contribution is 1.29. The average molecular weight is 532 g/mol. The van der Waals surface area contributed by atoms with Crippen LogP contribution in [0, 0.1) is 90.6 Å². The molecule has 0 saturated heterocycles. The molecule has 0 atom stereocenters. The van der Waals surface area contributed by atoms with Gasteiger partial charge in [-0.1, -0.05) is 12.1 Å². The van der Waals surface area contributed by atoms with E-state index in [1.165, 1.54) is 12.4 Å². The highest BCUT2D eigenvalue weighted by Crippen LogP contribution is 2.58. The third-order valence-corrected chi connectivity index (χ3v) is 6.74. The Kier molecular flexibility index (Phi) is 6.37. The van der Waals surface area contributed by atoms with Crippen molar-refractivity contribution < 1.29 is 0 Å². The van der Waals surface area contributed by atoms with Crippen LogP contribution in [0.1, 0.15) is 22.3 Å². The van der Waals surface area contributed by atoms with E-state index >= 15 is 0 Å². The van der Waals surface area contributed by atoms with E-state index in [4.69, 9.17) is 0 Å². The van der Waals surface area contributed by atoms with Crippen LogP contribution < -0.4 is 0 Å². The van der Waals surface area contributed by atoms with Gasteiger partial charge in [0.2, 0.25) is 0 Å². The normalized spacial score (nSPS) is 12.3. The Bertz CT molecular complexity index is 2090. The SMILES string of the molecule is N#CC(C#N)=C1C(C#N)=C(C#N)c2c1c(-c1ccccn1)c1c(c2-c2ccccn2)C(C#N)=C(C#N)C1=C(C#N)C#N. The minimum absolute atomic E-state index is 0.0866. The molecule has 0 amide bonds. The maximum absolute atomic E-state index is 10.4. The van der Waals surface area contributed by atoms with Crippen molar-refractivity contribution in [2.24, 2.45) is 0 Å². The summed E-state index contributed by atoms with van der Waals surface area (Å²) in [6, 6.07) is 24.9. The highest BCUT2D eigenvalue weighted by molar-refractivity contribution is 6.22. The van der Waals surface area contributed by atoms with Crippen LogP contribution in [0.3, 0.4) is 0 Å². The molecule has 0 saturated carbocycles. The number of aromatic nitrogens is 2. The van der Waals surface area contributed by atoms with E-state index < -0.39 is 11.1 Å². The van der Waals surface area contributed by atoms with Crippen LogP contribution >= 0.6 is 0 Å². The van der Waals surface area contributed by atoms with Crippen molar-refractivity contribution in [1.82, 2.24) is 9.97 Å². The molecule has 0 fully saturated rings. The molecule has 42 heavy (non-hydrogen) atoms. The van der Waals surface area contributed by atoms with Crippen LogP contribution in [-0.4, -0.2) is 9.97 Å². The molecule has 0 unspecified atom stereocenters. The number of nitriles is 8. The lowest BCUT2D eigenvalue weighted by Gasteiger charge is -2.21.